The fourth-order valence-corrected chi connectivity index (χ4v) is 2.71. The number of piperazine rings is 1. The van der Waals surface area contributed by atoms with Gasteiger partial charge in [-0.25, -0.2) is 0 Å². The molecular weight excluding hydrogens is 258 g/mol. The summed E-state index contributed by atoms with van der Waals surface area (Å²) in [5.41, 5.74) is 7.09. The van der Waals surface area contributed by atoms with Crippen molar-refractivity contribution in [2.75, 3.05) is 37.6 Å². The van der Waals surface area contributed by atoms with Crippen LogP contribution >= 0.6 is 11.6 Å². The van der Waals surface area contributed by atoms with E-state index in [1.807, 2.05) is 18.2 Å². The average Bonchev–Trinajstić information content (AvgIpc) is 2.40. The van der Waals surface area contributed by atoms with Gasteiger partial charge in [0, 0.05) is 38.8 Å². The van der Waals surface area contributed by atoms with Crippen molar-refractivity contribution >= 4 is 17.3 Å². The lowest BCUT2D eigenvalue weighted by Crippen LogP contribution is -2.49. The van der Waals surface area contributed by atoms with E-state index in [1.165, 1.54) is 0 Å². The number of nitrogens with zero attached hydrogens (tertiary/aromatic N) is 2. The zero-order chi connectivity index (χ0) is 13.8. The monoisotopic (exact) mass is 281 g/mol. The van der Waals surface area contributed by atoms with E-state index in [2.05, 4.69) is 29.7 Å². The molecule has 106 valence electrons. The molecule has 19 heavy (non-hydrogen) atoms. The Morgan fingerprint density at radius 1 is 1.16 bits per heavy atom. The smallest absolute Gasteiger partial charge is 0.0639 e. The van der Waals surface area contributed by atoms with Crippen LogP contribution in [0.5, 0.6) is 0 Å². The highest BCUT2D eigenvalue weighted by atomic mass is 35.5. The number of rotatable bonds is 4. The second kappa shape index (κ2) is 6.60. The second-order valence-corrected chi connectivity index (χ2v) is 5.98. The van der Waals surface area contributed by atoms with E-state index in [1.54, 1.807) is 0 Å². The van der Waals surface area contributed by atoms with E-state index < -0.39 is 0 Å². The minimum Gasteiger partial charge on any atom is -0.368 e. The molecule has 2 unspecified atom stereocenters. The minimum absolute atomic E-state index is 0.265. The van der Waals surface area contributed by atoms with Gasteiger partial charge in [0.25, 0.3) is 0 Å². The molecule has 1 heterocycles. The molecule has 2 rings (SSSR count). The highest BCUT2D eigenvalue weighted by molar-refractivity contribution is 6.33. The van der Waals surface area contributed by atoms with Crippen LogP contribution < -0.4 is 10.6 Å². The third-order valence-electron chi connectivity index (χ3n) is 4.01. The Kier molecular flexibility index (Phi) is 5.08. The van der Waals surface area contributed by atoms with Crippen LogP contribution in [0.3, 0.4) is 0 Å². The molecule has 1 aliphatic heterocycles. The standard InChI is InChI=1S/C15H24ClN3/c1-12(13(2)17)11-18-7-9-19(10-8-18)15-6-4-3-5-14(15)16/h3-6,12-13H,7-11,17H2,1-2H3. The summed E-state index contributed by atoms with van der Waals surface area (Å²) < 4.78 is 0. The quantitative estimate of drug-likeness (QED) is 0.920. The van der Waals surface area contributed by atoms with E-state index in [-0.39, 0.29) is 6.04 Å². The Morgan fingerprint density at radius 2 is 1.79 bits per heavy atom. The van der Waals surface area contributed by atoms with Gasteiger partial charge < -0.3 is 10.6 Å². The molecule has 0 amide bonds. The SMILES string of the molecule is CC(N)C(C)CN1CCN(c2ccccc2Cl)CC1. The summed E-state index contributed by atoms with van der Waals surface area (Å²) in [5.74, 6) is 0.548. The molecule has 0 bridgehead atoms. The van der Waals surface area contributed by atoms with Gasteiger partial charge in [0.2, 0.25) is 0 Å². The number of benzene rings is 1. The largest absolute Gasteiger partial charge is 0.368 e. The summed E-state index contributed by atoms with van der Waals surface area (Å²) >= 11 is 6.25. The Labute approximate surface area is 121 Å². The fraction of sp³-hybridized carbons (Fsp3) is 0.600. The molecule has 1 aromatic carbocycles. The second-order valence-electron chi connectivity index (χ2n) is 5.58. The summed E-state index contributed by atoms with van der Waals surface area (Å²) in [6, 6.07) is 8.35. The van der Waals surface area contributed by atoms with Gasteiger partial charge >= 0.3 is 0 Å². The highest BCUT2D eigenvalue weighted by Crippen LogP contribution is 2.26. The van der Waals surface area contributed by atoms with Crippen LogP contribution in [-0.4, -0.2) is 43.7 Å². The number of nitrogens with two attached hydrogens (primary N) is 1. The van der Waals surface area contributed by atoms with Crippen molar-refractivity contribution in [2.45, 2.75) is 19.9 Å². The van der Waals surface area contributed by atoms with Gasteiger partial charge in [-0.3, -0.25) is 4.90 Å². The Hall–Kier alpha value is -0.770. The highest BCUT2D eigenvalue weighted by Gasteiger charge is 2.20. The number of halogens is 1. The molecule has 0 radical (unpaired) electrons. The maximum absolute atomic E-state index is 6.25. The van der Waals surface area contributed by atoms with Crippen molar-refractivity contribution < 1.29 is 0 Å². The van der Waals surface area contributed by atoms with Gasteiger partial charge in [0.15, 0.2) is 0 Å². The van der Waals surface area contributed by atoms with E-state index in [0.29, 0.717) is 5.92 Å². The van der Waals surface area contributed by atoms with E-state index >= 15 is 0 Å². The molecule has 0 aromatic heterocycles. The molecular formula is C15H24ClN3. The maximum Gasteiger partial charge on any atom is 0.0639 e. The zero-order valence-electron chi connectivity index (χ0n) is 11.8. The van der Waals surface area contributed by atoms with Crippen LogP contribution in [0.25, 0.3) is 0 Å². The van der Waals surface area contributed by atoms with Gasteiger partial charge in [-0.15, -0.1) is 0 Å². The normalized spacial score (nSPS) is 20.3. The van der Waals surface area contributed by atoms with Crippen LogP contribution in [-0.2, 0) is 0 Å². The molecule has 0 spiro atoms. The molecule has 1 saturated heterocycles. The predicted octanol–water partition coefficient (Wildman–Crippen LogP) is 2.45. The van der Waals surface area contributed by atoms with Crippen molar-refractivity contribution in [1.82, 2.24) is 4.90 Å². The molecule has 1 aromatic rings. The van der Waals surface area contributed by atoms with Crippen molar-refractivity contribution in [1.29, 1.82) is 0 Å². The van der Waals surface area contributed by atoms with Crippen LogP contribution in [0, 0.1) is 5.92 Å². The van der Waals surface area contributed by atoms with Crippen molar-refractivity contribution in [2.24, 2.45) is 11.7 Å². The third kappa shape index (κ3) is 3.85. The van der Waals surface area contributed by atoms with E-state index in [4.69, 9.17) is 17.3 Å². The summed E-state index contributed by atoms with van der Waals surface area (Å²) in [6.07, 6.45) is 0. The van der Waals surface area contributed by atoms with Gasteiger partial charge in [0.1, 0.15) is 0 Å². The number of hydrogen-bond donors (Lipinski definition) is 1. The lowest BCUT2D eigenvalue weighted by molar-refractivity contribution is 0.214. The summed E-state index contributed by atoms with van der Waals surface area (Å²) in [4.78, 5) is 4.87. The van der Waals surface area contributed by atoms with E-state index in [0.717, 1.165) is 43.4 Å². The minimum atomic E-state index is 0.265. The molecule has 1 fully saturated rings. The molecule has 0 aliphatic carbocycles. The third-order valence-corrected chi connectivity index (χ3v) is 4.33. The molecule has 4 heteroatoms. The van der Waals surface area contributed by atoms with Gasteiger partial charge in [-0.05, 0) is 25.0 Å². The molecule has 2 N–H and O–H groups in total. The van der Waals surface area contributed by atoms with Gasteiger partial charge in [-0.2, -0.15) is 0 Å². The summed E-state index contributed by atoms with van der Waals surface area (Å²) in [6.45, 7) is 9.65. The average molecular weight is 282 g/mol. The Balaban J connectivity index is 1.88. The first-order valence-electron chi connectivity index (χ1n) is 7.05. The number of anilines is 1. The zero-order valence-corrected chi connectivity index (χ0v) is 12.6. The van der Waals surface area contributed by atoms with Crippen LogP contribution in [0.15, 0.2) is 24.3 Å². The fourth-order valence-electron chi connectivity index (χ4n) is 2.45. The molecule has 0 saturated carbocycles. The first-order chi connectivity index (χ1) is 9.08. The number of hydrogen-bond acceptors (Lipinski definition) is 3. The van der Waals surface area contributed by atoms with Crippen LogP contribution in [0.4, 0.5) is 5.69 Å². The summed E-state index contributed by atoms with van der Waals surface area (Å²) in [7, 11) is 0. The molecule has 3 nitrogen and oxygen atoms in total. The van der Waals surface area contributed by atoms with Crippen LogP contribution in [0.1, 0.15) is 13.8 Å². The van der Waals surface area contributed by atoms with Crippen molar-refractivity contribution in [3.63, 3.8) is 0 Å². The van der Waals surface area contributed by atoms with Crippen molar-refractivity contribution in [3.05, 3.63) is 29.3 Å². The number of para-hydroxylation sites is 1. The maximum atomic E-state index is 6.25. The molecule has 2 atom stereocenters. The first kappa shape index (κ1) is 14.6. The topological polar surface area (TPSA) is 32.5 Å². The van der Waals surface area contributed by atoms with E-state index in [9.17, 15) is 0 Å². The van der Waals surface area contributed by atoms with Gasteiger partial charge in [0.05, 0.1) is 10.7 Å². The van der Waals surface area contributed by atoms with Crippen molar-refractivity contribution in [3.8, 4) is 0 Å². The predicted molar refractivity (Wildman–Crippen MR) is 82.9 cm³/mol. The van der Waals surface area contributed by atoms with Crippen LogP contribution in [0.2, 0.25) is 5.02 Å². The summed E-state index contributed by atoms with van der Waals surface area (Å²) in [5, 5.41) is 0.847. The lowest BCUT2D eigenvalue weighted by atomic mass is 10.0. The first-order valence-corrected chi connectivity index (χ1v) is 7.43. The van der Waals surface area contributed by atoms with Gasteiger partial charge in [-0.1, -0.05) is 30.7 Å². The Bertz CT molecular complexity index is 400. The lowest BCUT2D eigenvalue weighted by Gasteiger charge is -2.38. The molecule has 1 aliphatic rings. The Morgan fingerprint density at radius 3 is 2.37 bits per heavy atom.